The van der Waals surface area contributed by atoms with Crippen molar-refractivity contribution < 1.29 is 4.79 Å². The molecule has 0 unspecified atom stereocenters. The second-order valence-corrected chi connectivity index (χ2v) is 6.83. The van der Waals surface area contributed by atoms with E-state index >= 15 is 0 Å². The van der Waals surface area contributed by atoms with Gasteiger partial charge in [0.15, 0.2) is 0 Å². The lowest BCUT2D eigenvalue weighted by Gasteiger charge is -2.29. The van der Waals surface area contributed by atoms with E-state index in [1.165, 1.54) is 24.1 Å². The van der Waals surface area contributed by atoms with Crippen molar-refractivity contribution in [3.63, 3.8) is 0 Å². The Kier molecular flexibility index (Phi) is 4.18. The number of hydrogen-bond donors (Lipinski definition) is 1. The van der Waals surface area contributed by atoms with E-state index < -0.39 is 0 Å². The van der Waals surface area contributed by atoms with Crippen LogP contribution in [0.2, 0.25) is 0 Å². The third kappa shape index (κ3) is 3.22. The van der Waals surface area contributed by atoms with Crippen molar-refractivity contribution in [2.75, 3.05) is 11.4 Å². The Morgan fingerprint density at radius 1 is 1.19 bits per heavy atom. The van der Waals surface area contributed by atoms with Crippen molar-refractivity contribution in [3.8, 4) is 0 Å². The topological polar surface area (TPSA) is 32.3 Å². The summed E-state index contributed by atoms with van der Waals surface area (Å²) in [6.07, 6.45) is 5.81. The number of rotatable bonds is 3. The molecule has 1 aliphatic carbocycles. The normalized spacial score (nSPS) is 28.3. The molecular formula is C18H26N2O. The minimum Gasteiger partial charge on any atom is -0.359 e. The summed E-state index contributed by atoms with van der Waals surface area (Å²) in [6.45, 7) is 5.00. The highest BCUT2D eigenvalue weighted by atomic mass is 16.2. The SMILES string of the molecule is CC1CCC(NC(=O)CN2c3ccccc3C[C@@H]2C)CC1. The highest BCUT2D eigenvalue weighted by molar-refractivity contribution is 5.82. The van der Waals surface area contributed by atoms with Crippen LogP contribution in [0.4, 0.5) is 5.69 Å². The molecule has 0 bridgehead atoms. The molecule has 21 heavy (non-hydrogen) atoms. The average molecular weight is 286 g/mol. The van der Waals surface area contributed by atoms with Crippen molar-refractivity contribution in [1.29, 1.82) is 0 Å². The first-order valence-electron chi connectivity index (χ1n) is 8.27. The highest BCUT2D eigenvalue weighted by Crippen LogP contribution is 2.31. The molecule has 1 N–H and O–H groups in total. The molecule has 3 nitrogen and oxygen atoms in total. The zero-order valence-electron chi connectivity index (χ0n) is 13.1. The van der Waals surface area contributed by atoms with E-state index in [9.17, 15) is 4.79 Å². The molecular weight excluding hydrogens is 260 g/mol. The maximum Gasteiger partial charge on any atom is 0.239 e. The van der Waals surface area contributed by atoms with Crippen LogP contribution >= 0.6 is 0 Å². The minimum absolute atomic E-state index is 0.179. The van der Waals surface area contributed by atoms with Crippen molar-refractivity contribution in [2.24, 2.45) is 5.92 Å². The summed E-state index contributed by atoms with van der Waals surface area (Å²) in [7, 11) is 0. The average Bonchev–Trinajstić information content (AvgIpc) is 2.78. The molecule has 0 saturated heterocycles. The predicted octanol–water partition coefficient (Wildman–Crippen LogP) is 3.13. The Hall–Kier alpha value is -1.51. The molecule has 1 fully saturated rings. The molecule has 3 rings (SSSR count). The predicted molar refractivity (Wildman–Crippen MR) is 86.5 cm³/mol. The van der Waals surface area contributed by atoms with Gasteiger partial charge < -0.3 is 10.2 Å². The summed E-state index contributed by atoms with van der Waals surface area (Å²) < 4.78 is 0. The van der Waals surface area contributed by atoms with Crippen LogP contribution in [0.25, 0.3) is 0 Å². The van der Waals surface area contributed by atoms with Gasteiger partial charge >= 0.3 is 0 Å². The molecule has 1 aromatic rings. The number of carbonyl (C=O) groups is 1. The second-order valence-electron chi connectivity index (χ2n) is 6.83. The number of amides is 1. The van der Waals surface area contributed by atoms with Gasteiger partial charge in [-0.1, -0.05) is 25.1 Å². The fourth-order valence-electron chi connectivity index (χ4n) is 3.70. The second kappa shape index (κ2) is 6.08. The van der Waals surface area contributed by atoms with Gasteiger partial charge in [0.25, 0.3) is 0 Å². The Bertz CT molecular complexity index is 506. The number of hydrogen-bond acceptors (Lipinski definition) is 2. The fourth-order valence-corrected chi connectivity index (χ4v) is 3.70. The molecule has 1 heterocycles. The Morgan fingerprint density at radius 3 is 2.67 bits per heavy atom. The molecule has 1 aliphatic heterocycles. The van der Waals surface area contributed by atoms with Gasteiger partial charge in [-0.3, -0.25) is 4.79 Å². The molecule has 1 atom stereocenters. The van der Waals surface area contributed by atoms with Crippen molar-refractivity contribution in [2.45, 2.75) is 58.0 Å². The third-order valence-corrected chi connectivity index (χ3v) is 5.04. The summed E-state index contributed by atoms with van der Waals surface area (Å²) >= 11 is 0. The van der Waals surface area contributed by atoms with E-state index in [0.717, 1.165) is 25.2 Å². The molecule has 0 spiro atoms. The molecule has 1 saturated carbocycles. The van der Waals surface area contributed by atoms with Crippen LogP contribution in [0, 0.1) is 5.92 Å². The number of nitrogens with one attached hydrogen (secondary N) is 1. The molecule has 0 radical (unpaired) electrons. The third-order valence-electron chi connectivity index (χ3n) is 5.04. The van der Waals surface area contributed by atoms with Crippen LogP contribution in [0.15, 0.2) is 24.3 Å². The molecule has 2 aliphatic rings. The van der Waals surface area contributed by atoms with E-state index in [4.69, 9.17) is 0 Å². The summed E-state index contributed by atoms with van der Waals surface area (Å²) in [6, 6.07) is 9.25. The van der Waals surface area contributed by atoms with Crippen LogP contribution in [-0.4, -0.2) is 24.5 Å². The van der Waals surface area contributed by atoms with Crippen molar-refractivity contribution in [1.82, 2.24) is 5.32 Å². The lowest BCUT2D eigenvalue weighted by atomic mass is 9.87. The number of fused-ring (bicyclic) bond motifs is 1. The van der Waals surface area contributed by atoms with E-state index in [-0.39, 0.29) is 5.91 Å². The van der Waals surface area contributed by atoms with Gasteiger partial charge in [0.1, 0.15) is 0 Å². The van der Waals surface area contributed by atoms with E-state index in [2.05, 4.69) is 48.3 Å². The van der Waals surface area contributed by atoms with E-state index in [1.807, 2.05) is 0 Å². The lowest BCUT2D eigenvalue weighted by molar-refractivity contribution is -0.120. The van der Waals surface area contributed by atoms with Gasteiger partial charge in [-0.05, 0) is 56.6 Å². The van der Waals surface area contributed by atoms with Crippen molar-refractivity contribution >= 4 is 11.6 Å². The minimum atomic E-state index is 0.179. The van der Waals surface area contributed by atoms with Crippen LogP contribution in [0.5, 0.6) is 0 Å². The van der Waals surface area contributed by atoms with Gasteiger partial charge in [0.05, 0.1) is 6.54 Å². The maximum absolute atomic E-state index is 12.4. The molecule has 3 heteroatoms. The first-order chi connectivity index (χ1) is 10.1. The molecule has 1 aromatic carbocycles. The number of para-hydroxylation sites is 1. The van der Waals surface area contributed by atoms with E-state index in [0.29, 0.717) is 18.6 Å². The first-order valence-corrected chi connectivity index (χ1v) is 8.27. The smallest absolute Gasteiger partial charge is 0.239 e. The quantitative estimate of drug-likeness (QED) is 0.926. The fraction of sp³-hybridized carbons (Fsp3) is 0.611. The first kappa shape index (κ1) is 14.4. The van der Waals surface area contributed by atoms with E-state index in [1.54, 1.807) is 0 Å². The number of nitrogens with zero attached hydrogens (tertiary/aromatic N) is 1. The monoisotopic (exact) mass is 286 g/mol. The Morgan fingerprint density at radius 2 is 1.90 bits per heavy atom. The lowest BCUT2D eigenvalue weighted by Crippen LogP contribution is -2.44. The number of benzene rings is 1. The Balaban J connectivity index is 1.58. The number of carbonyl (C=O) groups excluding carboxylic acids is 1. The standard InChI is InChI=1S/C18H26N2O/c1-13-7-9-16(10-8-13)19-18(21)12-20-14(2)11-15-5-3-4-6-17(15)20/h3-6,13-14,16H,7-12H2,1-2H3,(H,19,21)/t13?,14-,16?/m0/s1. The highest BCUT2D eigenvalue weighted by Gasteiger charge is 2.28. The van der Waals surface area contributed by atoms with Gasteiger partial charge in [-0.15, -0.1) is 0 Å². The van der Waals surface area contributed by atoms with Crippen LogP contribution in [0.3, 0.4) is 0 Å². The maximum atomic E-state index is 12.4. The van der Waals surface area contributed by atoms with Gasteiger partial charge in [-0.2, -0.15) is 0 Å². The summed E-state index contributed by atoms with van der Waals surface area (Å²) in [5.74, 6) is 1.00. The summed E-state index contributed by atoms with van der Waals surface area (Å²) in [5.41, 5.74) is 2.60. The van der Waals surface area contributed by atoms with Gasteiger partial charge in [-0.25, -0.2) is 0 Å². The largest absolute Gasteiger partial charge is 0.359 e. The number of anilines is 1. The molecule has 0 aromatic heterocycles. The van der Waals surface area contributed by atoms with Crippen LogP contribution in [0.1, 0.15) is 45.1 Å². The molecule has 114 valence electrons. The summed E-state index contributed by atoms with van der Waals surface area (Å²) in [4.78, 5) is 14.6. The van der Waals surface area contributed by atoms with Gasteiger partial charge in [0.2, 0.25) is 5.91 Å². The van der Waals surface area contributed by atoms with Gasteiger partial charge in [0, 0.05) is 17.8 Å². The van der Waals surface area contributed by atoms with Crippen molar-refractivity contribution in [3.05, 3.63) is 29.8 Å². The zero-order chi connectivity index (χ0) is 14.8. The summed E-state index contributed by atoms with van der Waals surface area (Å²) in [5, 5.41) is 3.24. The Labute approximate surface area is 127 Å². The van der Waals surface area contributed by atoms with Crippen LogP contribution in [-0.2, 0) is 11.2 Å². The zero-order valence-corrected chi connectivity index (χ0v) is 13.1. The molecule has 1 amide bonds. The van der Waals surface area contributed by atoms with Crippen LogP contribution < -0.4 is 10.2 Å².